The number of furan rings is 1. The van der Waals surface area contributed by atoms with Crippen LogP contribution in [-0.4, -0.2) is 43.4 Å². The highest BCUT2D eigenvalue weighted by Crippen LogP contribution is 2.37. The molecule has 1 unspecified atom stereocenters. The molecule has 0 spiro atoms. The number of carbonyl (C=O) groups is 2. The number of nitrogens with zero attached hydrogens (tertiary/aromatic N) is 2. The van der Waals surface area contributed by atoms with Crippen molar-refractivity contribution in [1.29, 1.82) is 0 Å². The van der Waals surface area contributed by atoms with Crippen molar-refractivity contribution in [2.75, 3.05) is 20.8 Å². The summed E-state index contributed by atoms with van der Waals surface area (Å²) in [6.45, 7) is 1.22. The van der Waals surface area contributed by atoms with Gasteiger partial charge < -0.3 is 18.6 Å². The van der Waals surface area contributed by atoms with Gasteiger partial charge in [-0.05, 0) is 42.1 Å². The molecule has 2 aromatic heterocycles. The number of methoxy groups -OCH3 is 2. The summed E-state index contributed by atoms with van der Waals surface area (Å²) in [5.74, 6) is 0.546. The summed E-state index contributed by atoms with van der Waals surface area (Å²) in [7, 11) is 3.13. The van der Waals surface area contributed by atoms with E-state index in [9.17, 15) is 9.59 Å². The fourth-order valence-corrected chi connectivity index (χ4v) is 4.24. The number of hydrogen-bond acceptors (Lipinski definition) is 8. The van der Waals surface area contributed by atoms with Crippen LogP contribution in [0.25, 0.3) is 0 Å². The number of amides is 1. The lowest BCUT2D eigenvalue weighted by molar-refractivity contribution is -0.136. The minimum Gasteiger partial charge on any atom is -0.493 e. The maximum atomic E-state index is 13.0. The van der Waals surface area contributed by atoms with Gasteiger partial charge in [0, 0.05) is 6.42 Å². The van der Waals surface area contributed by atoms with Crippen molar-refractivity contribution < 1.29 is 28.2 Å². The van der Waals surface area contributed by atoms with Crippen molar-refractivity contribution in [1.82, 2.24) is 5.01 Å². The van der Waals surface area contributed by atoms with E-state index in [0.717, 1.165) is 16.2 Å². The normalized spacial score (nSPS) is 15.4. The number of esters is 1. The van der Waals surface area contributed by atoms with Crippen molar-refractivity contribution in [2.45, 2.75) is 19.4 Å². The highest BCUT2D eigenvalue weighted by Gasteiger charge is 2.34. The van der Waals surface area contributed by atoms with Crippen molar-refractivity contribution in [3.05, 3.63) is 69.8 Å². The molecule has 32 heavy (non-hydrogen) atoms. The van der Waals surface area contributed by atoms with Gasteiger partial charge in [0.1, 0.15) is 11.3 Å². The topological polar surface area (TPSA) is 90.6 Å². The number of thiophene rings is 1. The minimum absolute atomic E-state index is 0.290. The minimum atomic E-state index is -0.617. The summed E-state index contributed by atoms with van der Waals surface area (Å²) in [5.41, 5.74) is 1.92. The summed E-state index contributed by atoms with van der Waals surface area (Å²) in [6, 6.07) is 10.5. The smallest absolute Gasteiger partial charge is 0.342 e. The van der Waals surface area contributed by atoms with Crippen LogP contribution in [0, 0.1) is 6.92 Å². The average Bonchev–Trinajstić information content (AvgIpc) is 3.57. The Morgan fingerprint density at radius 3 is 2.66 bits per heavy atom. The molecule has 1 aliphatic rings. The summed E-state index contributed by atoms with van der Waals surface area (Å²) < 4.78 is 21.1. The van der Waals surface area contributed by atoms with Crippen LogP contribution in [-0.2, 0) is 9.53 Å². The zero-order chi connectivity index (χ0) is 22.7. The molecule has 1 aliphatic heterocycles. The molecule has 0 fully saturated rings. The molecule has 0 aliphatic carbocycles. The predicted molar refractivity (Wildman–Crippen MR) is 118 cm³/mol. The largest absolute Gasteiger partial charge is 0.493 e. The van der Waals surface area contributed by atoms with Crippen LogP contribution in [0.4, 0.5) is 0 Å². The fourth-order valence-electron chi connectivity index (χ4n) is 3.52. The van der Waals surface area contributed by atoms with E-state index in [-0.39, 0.29) is 6.04 Å². The molecule has 8 nitrogen and oxygen atoms in total. The summed E-state index contributed by atoms with van der Waals surface area (Å²) >= 11 is 1.55. The molecule has 1 atom stereocenters. The van der Waals surface area contributed by atoms with Gasteiger partial charge in [-0.25, -0.2) is 9.80 Å². The van der Waals surface area contributed by atoms with E-state index in [2.05, 4.69) is 5.10 Å². The summed E-state index contributed by atoms with van der Waals surface area (Å²) in [6.07, 6.45) is 1.93. The molecule has 4 rings (SSSR count). The van der Waals surface area contributed by atoms with E-state index in [0.29, 0.717) is 29.2 Å². The van der Waals surface area contributed by atoms with E-state index in [1.165, 1.54) is 17.3 Å². The third-order valence-corrected chi connectivity index (χ3v) is 6.09. The first-order chi connectivity index (χ1) is 15.5. The van der Waals surface area contributed by atoms with Gasteiger partial charge in [-0.15, -0.1) is 11.3 Å². The van der Waals surface area contributed by atoms with Gasteiger partial charge in [-0.2, -0.15) is 5.10 Å². The predicted octanol–water partition coefficient (Wildman–Crippen LogP) is 4.20. The van der Waals surface area contributed by atoms with Gasteiger partial charge in [0.15, 0.2) is 18.1 Å². The summed E-state index contributed by atoms with van der Waals surface area (Å²) in [4.78, 5) is 26.3. The number of hydrogen-bond donors (Lipinski definition) is 0. The van der Waals surface area contributed by atoms with E-state index < -0.39 is 18.5 Å². The first kappa shape index (κ1) is 21.6. The van der Waals surface area contributed by atoms with Gasteiger partial charge in [0.2, 0.25) is 0 Å². The van der Waals surface area contributed by atoms with Crippen LogP contribution < -0.4 is 9.47 Å². The Hall–Kier alpha value is -3.59. The lowest BCUT2D eigenvalue weighted by Crippen LogP contribution is -2.31. The van der Waals surface area contributed by atoms with E-state index in [1.54, 1.807) is 38.5 Å². The van der Waals surface area contributed by atoms with E-state index >= 15 is 0 Å². The number of aryl methyl sites for hydroxylation is 1. The quantitative estimate of drug-likeness (QED) is 0.497. The van der Waals surface area contributed by atoms with Gasteiger partial charge in [-0.3, -0.25) is 4.79 Å². The van der Waals surface area contributed by atoms with Gasteiger partial charge in [-0.1, -0.05) is 12.1 Å². The van der Waals surface area contributed by atoms with E-state index in [1.807, 2.05) is 29.6 Å². The number of ether oxygens (including phenoxy) is 3. The van der Waals surface area contributed by atoms with Crippen LogP contribution in [0.2, 0.25) is 0 Å². The lowest BCUT2D eigenvalue weighted by Gasteiger charge is -2.22. The van der Waals surface area contributed by atoms with Crippen LogP contribution in [0.5, 0.6) is 11.5 Å². The Bertz CT molecular complexity index is 1150. The van der Waals surface area contributed by atoms with Gasteiger partial charge in [0.05, 0.1) is 37.1 Å². The highest BCUT2D eigenvalue weighted by molar-refractivity contribution is 7.12. The molecule has 3 aromatic rings. The van der Waals surface area contributed by atoms with Crippen LogP contribution in [0.15, 0.2) is 57.6 Å². The first-order valence-corrected chi connectivity index (χ1v) is 10.8. The number of carbonyl (C=O) groups excluding carboxylic acids is 2. The average molecular weight is 455 g/mol. The monoisotopic (exact) mass is 454 g/mol. The third-order valence-electron chi connectivity index (χ3n) is 5.17. The molecule has 9 heteroatoms. The van der Waals surface area contributed by atoms with Crippen molar-refractivity contribution in [2.24, 2.45) is 5.10 Å². The van der Waals surface area contributed by atoms with Crippen molar-refractivity contribution >= 4 is 28.9 Å². The molecule has 3 heterocycles. The standard InChI is InChI=1S/C23H22N2O6S/c1-14-16(8-9-30-14)23(27)31-13-22(26)25-18(12-17(24-25)21-5-4-10-32-21)15-6-7-19(28-2)20(11-15)29-3/h4-11,18H,12-13H2,1-3H3. The number of rotatable bonds is 7. The molecular formula is C23H22N2O6S. The Morgan fingerprint density at radius 2 is 2.00 bits per heavy atom. The molecule has 0 saturated carbocycles. The number of hydrazone groups is 1. The SMILES string of the molecule is COc1ccc(C2CC(c3cccs3)=NN2C(=O)COC(=O)c2ccoc2C)cc1OC. The van der Waals surface area contributed by atoms with Crippen LogP contribution in [0.3, 0.4) is 0 Å². The third kappa shape index (κ3) is 4.24. The van der Waals surface area contributed by atoms with Crippen LogP contribution >= 0.6 is 11.3 Å². The Labute approximate surface area is 189 Å². The second-order valence-electron chi connectivity index (χ2n) is 7.06. The number of benzene rings is 1. The Morgan fingerprint density at radius 1 is 1.19 bits per heavy atom. The lowest BCUT2D eigenvalue weighted by atomic mass is 10.0. The molecule has 0 bridgehead atoms. The second-order valence-corrected chi connectivity index (χ2v) is 8.01. The van der Waals surface area contributed by atoms with Gasteiger partial charge >= 0.3 is 5.97 Å². The molecule has 0 N–H and O–H groups in total. The van der Waals surface area contributed by atoms with Crippen molar-refractivity contribution in [3.8, 4) is 11.5 Å². The fraction of sp³-hybridized carbons (Fsp3) is 0.261. The van der Waals surface area contributed by atoms with Gasteiger partial charge in [0.25, 0.3) is 5.91 Å². The Kier molecular flexibility index (Phi) is 6.27. The first-order valence-electron chi connectivity index (χ1n) is 9.88. The Balaban J connectivity index is 1.57. The maximum Gasteiger partial charge on any atom is 0.342 e. The summed E-state index contributed by atoms with van der Waals surface area (Å²) in [5, 5.41) is 7.92. The second kappa shape index (κ2) is 9.27. The highest BCUT2D eigenvalue weighted by atomic mass is 32.1. The molecule has 166 valence electrons. The van der Waals surface area contributed by atoms with Crippen LogP contribution in [0.1, 0.15) is 39.0 Å². The van der Waals surface area contributed by atoms with E-state index in [4.69, 9.17) is 18.6 Å². The zero-order valence-electron chi connectivity index (χ0n) is 17.9. The molecule has 0 saturated heterocycles. The molecular weight excluding hydrogens is 432 g/mol. The molecule has 0 radical (unpaired) electrons. The molecule has 1 aromatic carbocycles. The molecule has 1 amide bonds. The maximum absolute atomic E-state index is 13.0. The zero-order valence-corrected chi connectivity index (χ0v) is 18.7. The van der Waals surface area contributed by atoms with Crippen molar-refractivity contribution in [3.63, 3.8) is 0 Å².